The van der Waals surface area contributed by atoms with Crippen LogP contribution in [-0.4, -0.2) is 20.9 Å². The summed E-state index contributed by atoms with van der Waals surface area (Å²) in [4.78, 5) is 18.6. The van der Waals surface area contributed by atoms with Crippen LogP contribution in [0.25, 0.3) is 22.2 Å². The van der Waals surface area contributed by atoms with Gasteiger partial charge >= 0.3 is 0 Å². The number of rotatable bonds is 2. The molecule has 0 aliphatic carbocycles. The van der Waals surface area contributed by atoms with Crippen LogP contribution in [0, 0.1) is 5.41 Å². The lowest BCUT2D eigenvalue weighted by Gasteiger charge is -2.05. The number of nitrogens with zero attached hydrogens (tertiary/aromatic N) is 1. The third kappa shape index (κ3) is 2.34. The van der Waals surface area contributed by atoms with Gasteiger partial charge in [0.05, 0.1) is 5.56 Å². The zero-order chi connectivity index (χ0) is 15.0. The first kappa shape index (κ1) is 12.9. The summed E-state index contributed by atoms with van der Waals surface area (Å²) < 4.78 is 0. The normalized spacial score (nSPS) is 10.7. The smallest absolute Gasteiger partial charge is 0.262 e. The van der Waals surface area contributed by atoms with Gasteiger partial charge in [0.25, 0.3) is 5.56 Å². The van der Waals surface area contributed by atoms with E-state index in [4.69, 9.17) is 11.1 Å². The number of aromatic amines is 1. The number of phenols is 1. The number of hydrogen-bond acceptors (Lipinski definition) is 4. The van der Waals surface area contributed by atoms with E-state index >= 15 is 0 Å². The molecular weight excluding hydrogens is 268 g/mol. The summed E-state index contributed by atoms with van der Waals surface area (Å²) >= 11 is 0. The van der Waals surface area contributed by atoms with Gasteiger partial charge in [0, 0.05) is 11.8 Å². The number of aromatic hydroxyl groups is 1. The van der Waals surface area contributed by atoms with Crippen molar-refractivity contribution in [2.45, 2.75) is 0 Å². The van der Waals surface area contributed by atoms with Gasteiger partial charge in [0.15, 0.2) is 0 Å². The zero-order valence-corrected chi connectivity index (χ0v) is 10.9. The van der Waals surface area contributed by atoms with E-state index in [1.807, 2.05) is 12.1 Å². The molecule has 0 fully saturated rings. The molecule has 0 atom stereocenters. The molecule has 0 amide bonds. The fraction of sp³-hybridized carbons (Fsp3) is 0. The summed E-state index contributed by atoms with van der Waals surface area (Å²) in [7, 11) is 0. The number of amidine groups is 1. The van der Waals surface area contributed by atoms with Gasteiger partial charge < -0.3 is 15.8 Å². The second-order valence-electron chi connectivity index (χ2n) is 4.63. The maximum atomic E-state index is 11.8. The van der Waals surface area contributed by atoms with Crippen LogP contribution in [0.4, 0.5) is 0 Å². The fourth-order valence-corrected chi connectivity index (χ4v) is 2.11. The van der Waals surface area contributed by atoms with E-state index in [0.717, 1.165) is 16.3 Å². The minimum atomic E-state index is -0.446. The Morgan fingerprint density at radius 3 is 2.62 bits per heavy atom. The molecule has 0 saturated heterocycles. The van der Waals surface area contributed by atoms with Gasteiger partial charge in [-0.05, 0) is 29.0 Å². The Hall–Kier alpha value is -3.15. The molecule has 3 aromatic rings. The minimum Gasteiger partial charge on any atom is -0.508 e. The zero-order valence-electron chi connectivity index (χ0n) is 10.9. The molecule has 104 valence electrons. The van der Waals surface area contributed by atoms with Crippen molar-refractivity contribution in [3.8, 4) is 17.1 Å². The highest BCUT2D eigenvalue weighted by Gasteiger charge is 2.07. The van der Waals surface area contributed by atoms with Crippen LogP contribution in [0.15, 0.2) is 47.4 Å². The third-order valence-corrected chi connectivity index (χ3v) is 3.19. The number of nitrogens with two attached hydrogens (primary N) is 1. The largest absolute Gasteiger partial charge is 0.508 e. The van der Waals surface area contributed by atoms with E-state index in [1.165, 1.54) is 6.20 Å². The quantitative estimate of drug-likeness (QED) is 0.421. The van der Waals surface area contributed by atoms with Crippen LogP contribution in [0.5, 0.6) is 5.75 Å². The van der Waals surface area contributed by atoms with Gasteiger partial charge in [0.1, 0.15) is 17.4 Å². The lowest BCUT2D eigenvalue weighted by atomic mass is 10.1. The predicted molar refractivity (Wildman–Crippen MR) is 80.5 cm³/mol. The Morgan fingerprint density at radius 2 is 1.90 bits per heavy atom. The minimum absolute atomic E-state index is 0.0458. The first-order valence-electron chi connectivity index (χ1n) is 6.21. The molecule has 0 saturated carbocycles. The number of H-pyrrole nitrogens is 1. The van der Waals surface area contributed by atoms with E-state index in [9.17, 15) is 9.90 Å². The first-order chi connectivity index (χ1) is 10.0. The van der Waals surface area contributed by atoms with E-state index < -0.39 is 5.56 Å². The molecule has 5 N–H and O–H groups in total. The lowest BCUT2D eigenvalue weighted by Crippen LogP contribution is -2.24. The summed E-state index contributed by atoms with van der Waals surface area (Å²) in [5.41, 5.74) is 5.63. The Balaban J connectivity index is 2.12. The van der Waals surface area contributed by atoms with Crippen molar-refractivity contribution in [1.29, 1.82) is 5.41 Å². The van der Waals surface area contributed by atoms with E-state index in [0.29, 0.717) is 5.82 Å². The fourth-order valence-electron chi connectivity index (χ4n) is 2.11. The van der Waals surface area contributed by atoms with Crippen molar-refractivity contribution in [2.24, 2.45) is 5.73 Å². The predicted octanol–water partition coefficient (Wildman–Crippen LogP) is 1.58. The second kappa shape index (κ2) is 4.75. The van der Waals surface area contributed by atoms with Gasteiger partial charge in [0.2, 0.25) is 0 Å². The maximum Gasteiger partial charge on any atom is 0.262 e. The van der Waals surface area contributed by atoms with Crippen molar-refractivity contribution >= 4 is 16.6 Å². The monoisotopic (exact) mass is 280 g/mol. The summed E-state index contributed by atoms with van der Waals surface area (Å²) in [5, 5.41) is 18.5. The van der Waals surface area contributed by atoms with Gasteiger partial charge in [-0.25, -0.2) is 4.98 Å². The molecule has 1 heterocycles. The average molecular weight is 280 g/mol. The standard InChI is InChI=1S/C15H12N4O2/c16-13(17)12-7-18-14(19-15(12)21)10-2-1-9-6-11(20)4-3-8(9)5-10/h1-7,20H,(H3,16,17)(H,18,19,21). The molecule has 6 nitrogen and oxygen atoms in total. The highest BCUT2D eigenvalue weighted by Crippen LogP contribution is 2.24. The third-order valence-electron chi connectivity index (χ3n) is 3.19. The van der Waals surface area contributed by atoms with Crippen molar-refractivity contribution < 1.29 is 5.11 Å². The second-order valence-corrected chi connectivity index (χ2v) is 4.63. The number of nitrogen functional groups attached to an aromatic ring is 1. The molecule has 3 rings (SSSR count). The maximum absolute atomic E-state index is 11.8. The Bertz CT molecular complexity index is 915. The summed E-state index contributed by atoms with van der Waals surface area (Å²) in [6.07, 6.45) is 1.29. The molecule has 0 aliphatic heterocycles. The van der Waals surface area contributed by atoms with Crippen LogP contribution in [0.2, 0.25) is 0 Å². The molecule has 0 unspecified atom stereocenters. The van der Waals surface area contributed by atoms with Crippen molar-refractivity contribution in [3.05, 3.63) is 58.5 Å². The van der Waals surface area contributed by atoms with E-state index in [-0.39, 0.29) is 17.1 Å². The van der Waals surface area contributed by atoms with Crippen LogP contribution < -0.4 is 11.3 Å². The van der Waals surface area contributed by atoms with Crippen molar-refractivity contribution in [3.63, 3.8) is 0 Å². The van der Waals surface area contributed by atoms with Gasteiger partial charge in [-0.15, -0.1) is 0 Å². The topological polar surface area (TPSA) is 116 Å². The van der Waals surface area contributed by atoms with Crippen LogP contribution in [-0.2, 0) is 0 Å². The van der Waals surface area contributed by atoms with Crippen molar-refractivity contribution in [1.82, 2.24) is 9.97 Å². The lowest BCUT2D eigenvalue weighted by molar-refractivity contribution is 0.476. The summed E-state index contributed by atoms with van der Waals surface area (Å²) in [6.45, 7) is 0. The molecule has 0 spiro atoms. The average Bonchev–Trinajstić information content (AvgIpc) is 2.46. The van der Waals surface area contributed by atoms with Crippen molar-refractivity contribution in [2.75, 3.05) is 0 Å². The Kier molecular flexibility index (Phi) is 2.91. The first-order valence-corrected chi connectivity index (χ1v) is 6.21. The SMILES string of the molecule is N=C(N)c1cnc(-c2ccc3cc(O)ccc3c2)[nH]c1=O. The van der Waals surface area contributed by atoms with Gasteiger partial charge in [-0.1, -0.05) is 18.2 Å². The number of nitrogens with one attached hydrogen (secondary N) is 2. The Labute approximate surface area is 119 Å². The molecule has 21 heavy (non-hydrogen) atoms. The van der Waals surface area contributed by atoms with Crippen LogP contribution in [0.3, 0.4) is 0 Å². The Morgan fingerprint density at radius 1 is 1.19 bits per heavy atom. The molecule has 2 aromatic carbocycles. The number of phenolic OH excluding ortho intramolecular Hbond substituents is 1. The summed E-state index contributed by atoms with van der Waals surface area (Å²) in [5.74, 6) is 0.289. The number of benzene rings is 2. The number of hydrogen-bond donors (Lipinski definition) is 4. The van der Waals surface area contributed by atoms with Gasteiger partial charge in [-0.3, -0.25) is 10.2 Å². The van der Waals surface area contributed by atoms with Crippen LogP contribution >= 0.6 is 0 Å². The molecule has 1 aromatic heterocycles. The molecule has 0 aliphatic rings. The molecule has 0 bridgehead atoms. The van der Waals surface area contributed by atoms with Gasteiger partial charge in [-0.2, -0.15) is 0 Å². The van der Waals surface area contributed by atoms with Crippen LogP contribution in [0.1, 0.15) is 5.56 Å². The highest BCUT2D eigenvalue weighted by atomic mass is 16.3. The molecular formula is C15H12N4O2. The highest BCUT2D eigenvalue weighted by molar-refractivity contribution is 5.94. The summed E-state index contributed by atoms with van der Waals surface area (Å²) in [6, 6.07) is 10.5. The molecule has 0 radical (unpaired) electrons. The molecule has 6 heteroatoms. The van der Waals surface area contributed by atoms with E-state index in [2.05, 4.69) is 9.97 Å². The van der Waals surface area contributed by atoms with E-state index in [1.54, 1.807) is 24.3 Å². The number of aromatic nitrogens is 2. The number of fused-ring (bicyclic) bond motifs is 1.